The molecule has 0 N–H and O–H groups in total. The second-order valence-electron chi connectivity index (χ2n) is 2.59. The molecule has 0 aliphatic heterocycles. The number of rotatable bonds is 3. The van der Waals surface area contributed by atoms with E-state index in [9.17, 15) is 0 Å². The van der Waals surface area contributed by atoms with Crippen molar-refractivity contribution in [1.29, 1.82) is 0 Å². The zero-order valence-corrected chi connectivity index (χ0v) is 6.92. The highest BCUT2D eigenvalue weighted by atomic mass is 19.0. The minimum absolute atomic E-state index is 0. The first-order chi connectivity index (χ1) is 4.93. The molecule has 0 amide bonds. The summed E-state index contributed by atoms with van der Waals surface area (Å²) in [5, 5.41) is 0. The molecule has 0 bridgehead atoms. The summed E-state index contributed by atoms with van der Waals surface area (Å²) >= 11 is 0. The summed E-state index contributed by atoms with van der Waals surface area (Å²) in [7, 11) is 0. The average Bonchev–Trinajstić information content (AvgIpc) is 2.03. The highest BCUT2D eigenvalue weighted by Gasteiger charge is 1.87. The fourth-order valence-corrected chi connectivity index (χ4v) is 1.03. The topological polar surface area (TPSA) is 0 Å². The van der Waals surface area contributed by atoms with Gasteiger partial charge >= 0.3 is 0 Å². The maximum atomic E-state index is 2.23. The van der Waals surface area contributed by atoms with E-state index in [4.69, 9.17) is 0 Å². The molecule has 0 aliphatic rings. The lowest BCUT2D eigenvalue weighted by atomic mass is 10.1. The molecule has 0 atom stereocenters. The Bertz CT molecular complexity index is 169. The number of unbranched alkanes of at least 4 members (excludes halogenated alkanes) is 1. The quantitative estimate of drug-likeness (QED) is 0.627. The van der Waals surface area contributed by atoms with Crippen LogP contribution >= 0.6 is 0 Å². The van der Waals surface area contributed by atoms with Crippen molar-refractivity contribution in [2.24, 2.45) is 0 Å². The fraction of sp³-hybridized carbons (Fsp3) is 0.400. The molecule has 1 aromatic rings. The van der Waals surface area contributed by atoms with Crippen LogP contribution < -0.4 is 0 Å². The molecule has 0 fully saturated rings. The molecular formula is C10H15F. The van der Waals surface area contributed by atoms with Crippen LogP contribution in [-0.2, 0) is 6.42 Å². The van der Waals surface area contributed by atoms with Gasteiger partial charge in [0.25, 0.3) is 0 Å². The molecule has 0 nitrogen and oxygen atoms in total. The van der Waals surface area contributed by atoms with Crippen molar-refractivity contribution in [2.45, 2.75) is 26.2 Å². The van der Waals surface area contributed by atoms with Gasteiger partial charge < -0.3 is 0 Å². The zero-order chi connectivity index (χ0) is 7.23. The number of hydrogen-bond acceptors (Lipinski definition) is 0. The van der Waals surface area contributed by atoms with Gasteiger partial charge in [0.2, 0.25) is 0 Å². The van der Waals surface area contributed by atoms with Crippen LogP contribution in [0.3, 0.4) is 0 Å². The second-order valence-corrected chi connectivity index (χ2v) is 2.59. The minimum atomic E-state index is 0. The van der Waals surface area contributed by atoms with Crippen molar-refractivity contribution in [3.05, 3.63) is 35.9 Å². The Morgan fingerprint density at radius 2 is 1.73 bits per heavy atom. The van der Waals surface area contributed by atoms with Gasteiger partial charge in [-0.2, -0.15) is 0 Å². The van der Waals surface area contributed by atoms with Crippen LogP contribution in [-0.4, -0.2) is 0 Å². The van der Waals surface area contributed by atoms with Crippen LogP contribution in [0.1, 0.15) is 25.3 Å². The Hall–Kier alpha value is -0.850. The zero-order valence-electron chi connectivity index (χ0n) is 6.92. The standard InChI is InChI=1S/C10H14.FH/c1-2-3-7-10-8-5-4-6-9-10;/h4-6,8-9H,2-3,7H2,1H3;1H. The third-order valence-corrected chi connectivity index (χ3v) is 1.66. The van der Waals surface area contributed by atoms with Crippen LogP contribution in [0.25, 0.3) is 0 Å². The lowest BCUT2D eigenvalue weighted by Gasteiger charge is -1.96. The van der Waals surface area contributed by atoms with E-state index < -0.39 is 0 Å². The molecule has 1 rings (SSSR count). The van der Waals surface area contributed by atoms with Crippen LogP contribution in [0.2, 0.25) is 0 Å². The minimum Gasteiger partial charge on any atom is -0.269 e. The van der Waals surface area contributed by atoms with E-state index in [0.717, 1.165) is 0 Å². The maximum absolute atomic E-state index is 2.23. The summed E-state index contributed by atoms with van der Waals surface area (Å²) in [6.07, 6.45) is 3.83. The van der Waals surface area contributed by atoms with Gasteiger partial charge in [0.15, 0.2) is 0 Å². The molecular weight excluding hydrogens is 139 g/mol. The van der Waals surface area contributed by atoms with Crippen LogP contribution in [0, 0.1) is 0 Å². The van der Waals surface area contributed by atoms with Gasteiger partial charge in [0, 0.05) is 0 Å². The first-order valence-electron chi connectivity index (χ1n) is 3.97. The third kappa shape index (κ3) is 3.76. The third-order valence-electron chi connectivity index (χ3n) is 1.66. The molecule has 0 spiro atoms. The molecule has 1 heteroatoms. The average molecular weight is 154 g/mol. The van der Waals surface area contributed by atoms with Crippen LogP contribution in [0.15, 0.2) is 30.3 Å². The number of benzene rings is 1. The Balaban J connectivity index is 0.000001000. The molecule has 0 unspecified atom stereocenters. The lowest BCUT2D eigenvalue weighted by molar-refractivity contribution is 0.795. The predicted molar refractivity (Wildman–Crippen MR) is 47.6 cm³/mol. The fourth-order valence-electron chi connectivity index (χ4n) is 1.03. The largest absolute Gasteiger partial charge is 0.269 e. The van der Waals surface area contributed by atoms with Crippen molar-refractivity contribution in [3.63, 3.8) is 0 Å². The molecule has 0 saturated heterocycles. The molecule has 0 heterocycles. The first-order valence-corrected chi connectivity index (χ1v) is 3.97. The van der Waals surface area contributed by atoms with E-state index in [2.05, 4.69) is 37.3 Å². The van der Waals surface area contributed by atoms with E-state index in [0.29, 0.717) is 0 Å². The van der Waals surface area contributed by atoms with Crippen molar-refractivity contribution >= 4 is 0 Å². The molecule has 62 valence electrons. The molecule has 0 aliphatic carbocycles. The molecule has 0 radical (unpaired) electrons. The monoisotopic (exact) mass is 154 g/mol. The SMILES string of the molecule is CCCCc1ccccc1.F. The maximum Gasteiger partial charge on any atom is -0.0279 e. The highest BCUT2D eigenvalue weighted by Crippen LogP contribution is 2.03. The van der Waals surface area contributed by atoms with Gasteiger partial charge in [-0.25, -0.2) is 0 Å². The van der Waals surface area contributed by atoms with Gasteiger partial charge in [-0.05, 0) is 18.4 Å². The van der Waals surface area contributed by atoms with E-state index in [1.165, 1.54) is 24.8 Å². The number of halogens is 1. The molecule has 1 aromatic carbocycles. The van der Waals surface area contributed by atoms with Crippen molar-refractivity contribution in [1.82, 2.24) is 0 Å². The molecule has 0 saturated carbocycles. The summed E-state index contributed by atoms with van der Waals surface area (Å²) in [4.78, 5) is 0. The van der Waals surface area contributed by atoms with Gasteiger partial charge in [0.05, 0.1) is 0 Å². The smallest absolute Gasteiger partial charge is 0.0279 e. The summed E-state index contributed by atoms with van der Waals surface area (Å²) in [5.41, 5.74) is 1.46. The van der Waals surface area contributed by atoms with Crippen LogP contribution in [0.5, 0.6) is 0 Å². The summed E-state index contributed by atoms with van der Waals surface area (Å²) in [6, 6.07) is 10.6. The summed E-state index contributed by atoms with van der Waals surface area (Å²) < 4.78 is 0. The number of hydrogen-bond donors (Lipinski definition) is 0. The van der Waals surface area contributed by atoms with Gasteiger partial charge in [-0.3, -0.25) is 4.70 Å². The normalized spacial score (nSPS) is 8.82. The van der Waals surface area contributed by atoms with Crippen molar-refractivity contribution in [3.8, 4) is 0 Å². The molecule has 11 heavy (non-hydrogen) atoms. The van der Waals surface area contributed by atoms with Gasteiger partial charge in [-0.15, -0.1) is 0 Å². The van der Waals surface area contributed by atoms with Crippen molar-refractivity contribution < 1.29 is 4.70 Å². The summed E-state index contributed by atoms with van der Waals surface area (Å²) in [5.74, 6) is 0. The first kappa shape index (κ1) is 10.2. The van der Waals surface area contributed by atoms with E-state index in [-0.39, 0.29) is 4.70 Å². The Morgan fingerprint density at radius 3 is 2.27 bits per heavy atom. The second kappa shape index (κ2) is 5.90. The van der Waals surface area contributed by atoms with E-state index >= 15 is 0 Å². The predicted octanol–water partition coefficient (Wildman–Crippen LogP) is 3.18. The van der Waals surface area contributed by atoms with Gasteiger partial charge in [-0.1, -0.05) is 43.7 Å². The Morgan fingerprint density at radius 1 is 1.09 bits per heavy atom. The Labute approximate surface area is 67.6 Å². The van der Waals surface area contributed by atoms with Crippen LogP contribution in [0.4, 0.5) is 4.70 Å². The summed E-state index contributed by atoms with van der Waals surface area (Å²) in [6.45, 7) is 2.23. The van der Waals surface area contributed by atoms with Crippen molar-refractivity contribution in [2.75, 3.05) is 0 Å². The van der Waals surface area contributed by atoms with E-state index in [1.54, 1.807) is 0 Å². The van der Waals surface area contributed by atoms with E-state index in [1.807, 2.05) is 0 Å². The van der Waals surface area contributed by atoms with Gasteiger partial charge in [0.1, 0.15) is 0 Å². The highest BCUT2D eigenvalue weighted by molar-refractivity contribution is 5.14. The number of aryl methyl sites for hydroxylation is 1. The Kier molecular flexibility index (Phi) is 5.44. The lowest BCUT2D eigenvalue weighted by Crippen LogP contribution is -1.81. The molecule has 0 aromatic heterocycles.